The smallest absolute Gasteiger partial charge is 0.135 e. The molecule has 5 heteroatoms. The Kier molecular flexibility index (Phi) is 3.93. The maximum absolute atomic E-state index is 10.1. The maximum Gasteiger partial charge on any atom is 0.135 e. The van der Waals surface area contributed by atoms with Crippen LogP contribution >= 0.6 is 31.9 Å². The highest BCUT2D eigenvalue weighted by Gasteiger charge is 2.22. The molecule has 1 unspecified atom stereocenters. The standard InChI is InChI=1S/C15H15Br2NO2/c1-20-15-8-13(10(16)7-11(15)17)18-6-5-9-12(18)3-2-4-14(9)19/h5-8,14,19H,2-4H2,1H3. The summed E-state index contributed by atoms with van der Waals surface area (Å²) in [6.45, 7) is 0. The third-order valence-electron chi connectivity index (χ3n) is 3.76. The molecule has 0 amide bonds. The number of aliphatic hydroxyl groups is 1. The molecule has 0 bridgehead atoms. The largest absolute Gasteiger partial charge is 0.495 e. The molecule has 0 saturated carbocycles. The number of nitrogens with zero attached hydrogens (tertiary/aromatic N) is 1. The third-order valence-corrected chi connectivity index (χ3v) is 5.01. The number of methoxy groups -OCH3 is 1. The van der Waals surface area contributed by atoms with Crippen molar-refractivity contribution < 1.29 is 9.84 Å². The summed E-state index contributed by atoms with van der Waals surface area (Å²) in [5.74, 6) is 0.794. The molecule has 106 valence electrons. The number of aromatic nitrogens is 1. The molecule has 0 saturated heterocycles. The van der Waals surface area contributed by atoms with E-state index in [2.05, 4.69) is 36.4 Å². The van der Waals surface area contributed by atoms with Crippen LogP contribution in [0, 0.1) is 0 Å². The van der Waals surface area contributed by atoms with Crippen LogP contribution in [0.1, 0.15) is 30.2 Å². The van der Waals surface area contributed by atoms with Crippen LogP contribution in [0.4, 0.5) is 0 Å². The van der Waals surface area contributed by atoms with Gasteiger partial charge in [0.05, 0.1) is 23.4 Å². The first-order valence-electron chi connectivity index (χ1n) is 6.53. The molecule has 1 aliphatic carbocycles. The predicted molar refractivity (Wildman–Crippen MR) is 85.6 cm³/mol. The lowest BCUT2D eigenvalue weighted by Gasteiger charge is -2.21. The minimum absolute atomic E-state index is 0.337. The molecule has 2 aromatic rings. The van der Waals surface area contributed by atoms with Crippen LogP contribution in [0.15, 0.2) is 33.3 Å². The quantitative estimate of drug-likeness (QED) is 0.811. The number of ether oxygens (including phenoxy) is 1. The van der Waals surface area contributed by atoms with Crippen LogP contribution in [0.25, 0.3) is 5.69 Å². The Morgan fingerprint density at radius 3 is 2.85 bits per heavy atom. The second-order valence-corrected chi connectivity index (χ2v) is 6.64. The number of benzene rings is 1. The first-order valence-corrected chi connectivity index (χ1v) is 8.12. The van der Waals surface area contributed by atoms with E-state index in [1.807, 2.05) is 24.4 Å². The predicted octanol–water partition coefficient (Wildman–Crippen LogP) is 4.38. The fourth-order valence-corrected chi connectivity index (χ4v) is 4.10. The topological polar surface area (TPSA) is 34.4 Å². The van der Waals surface area contributed by atoms with Crippen molar-refractivity contribution in [1.29, 1.82) is 0 Å². The molecule has 0 fully saturated rings. The van der Waals surface area contributed by atoms with Gasteiger partial charge in [0.15, 0.2) is 0 Å². The second kappa shape index (κ2) is 5.54. The van der Waals surface area contributed by atoms with E-state index in [1.54, 1.807) is 7.11 Å². The SMILES string of the molecule is COc1cc(-n2ccc3c2CCCC3O)c(Br)cc1Br. The normalized spacial score (nSPS) is 17.9. The molecule has 1 atom stereocenters. The van der Waals surface area contributed by atoms with Crippen LogP contribution in [0.3, 0.4) is 0 Å². The molecule has 3 nitrogen and oxygen atoms in total. The fourth-order valence-electron chi connectivity index (χ4n) is 2.75. The van der Waals surface area contributed by atoms with Gasteiger partial charge < -0.3 is 14.4 Å². The molecule has 3 rings (SSSR count). The van der Waals surface area contributed by atoms with E-state index in [0.29, 0.717) is 0 Å². The molecular weight excluding hydrogens is 386 g/mol. The Bertz CT molecular complexity index is 652. The van der Waals surface area contributed by atoms with Crippen LogP contribution < -0.4 is 4.74 Å². The zero-order chi connectivity index (χ0) is 14.3. The van der Waals surface area contributed by atoms with E-state index in [-0.39, 0.29) is 6.10 Å². The highest BCUT2D eigenvalue weighted by Crippen LogP contribution is 2.37. The molecule has 0 radical (unpaired) electrons. The molecule has 1 N–H and O–H groups in total. The van der Waals surface area contributed by atoms with Crippen molar-refractivity contribution in [3.63, 3.8) is 0 Å². The number of fused-ring (bicyclic) bond motifs is 1. The molecule has 20 heavy (non-hydrogen) atoms. The van der Waals surface area contributed by atoms with Crippen molar-refractivity contribution in [3.05, 3.63) is 44.6 Å². The lowest BCUT2D eigenvalue weighted by atomic mass is 9.95. The zero-order valence-electron chi connectivity index (χ0n) is 11.1. The number of hydrogen-bond acceptors (Lipinski definition) is 2. The summed E-state index contributed by atoms with van der Waals surface area (Å²) in [7, 11) is 1.66. The maximum atomic E-state index is 10.1. The second-order valence-electron chi connectivity index (χ2n) is 4.93. The van der Waals surface area contributed by atoms with Gasteiger partial charge in [-0.1, -0.05) is 0 Å². The molecule has 1 aromatic heterocycles. The van der Waals surface area contributed by atoms with E-state index >= 15 is 0 Å². The summed E-state index contributed by atoms with van der Waals surface area (Å²) >= 11 is 7.09. The van der Waals surface area contributed by atoms with Gasteiger partial charge in [0.1, 0.15) is 5.75 Å². The molecule has 1 aliphatic rings. The van der Waals surface area contributed by atoms with Gasteiger partial charge in [-0.3, -0.25) is 0 Å². The van der Waals surface area contributed by atoms with Gasteiger partial charge in [-0.2, -0.15) is 0 Å². The Balaban J connectivity index is 2.14. The average Bonchev–Trinajstić information content (AvgIpc) is 2.84. The van der Waals surface area contributed by atoms with Gasteiger partial charge >= 0.3 is 0 Å². The zero-order valence-corrected chi connectivity index (χ0v) is 14.2. The fraction of sp³-hybridized carbons (Fsp3) is 0.333. The van der Waals surface area contributed by atoms with Gasteiger partial charge in [0.2, 0.25) is 0 Å². The van der Waals surface area contributed by atoms with Crippen LogP contribution in [-0.4, -0.2) is 16.8 Å². The summed E-state index contributed by atoms with van der Waals surface area (Å²) in [6, 6.07) is 6.00. The van der Waals surface area contributed by atoms with E-state index in [9.17, 15) is 5.11 Å². The van der Waals surface area contributed by atoms with E-state index < -0.39 is 0 Å². The summed E-state index contributed by atoms with van der Waals surface area (Å²) < 4.78 is 9.41. The highest BCUT2D eigenvalue weighted by atomic mass is 79.9. The number of rotatable bonds is 2. The highest BCUT2D eigenvalue weighted by molar-refractivity contribution is 9.11. The Morgan fingerprint density at radius 2 is 2.10 bits per heavy atom. The number of halogens is 2. The number of hydrogen-bond donors (Lipinski definition) is 1. The van der Waals surface area contributed by atoms with Crippen LogP contribution in [-0.2, 0) is 6.42 Å². The summed E-state index contributed by atoms with van der Waals surface area (Å²) in [4.78, 5) is 0. The average molecular weight is 401 g/mol. The van der Waals surface area contributed by atoms with Gasteiger partial charge in [-0.15, -0.1) is 0 Å². The Morgan fingerprint density at radius 1 is 1.30 bits per heavy atom. The van der Waals surface area contributed by atoms with Crippen molar-refractivity contribution in [3.8, 4) is 11.4 Å². The first kappa shape index (κ1) is 14.2. The van der Waals surface area contributed by atoms with E-state index in [0.717, 1.165) is 45.2 Å². The lowest BCUT2D eigenvalue weighted by Crippen LogP contribution is -2.11. The van der Waals surface area contributed by atoms with Crippen molar-refractivity contribution >= 4 is 31.9 Å². The van der Waals surface area contributed by atoms with Gasteiger partial charge in [0, 0.05) is 28.0 Å². The minimum Gasteiger partial charge on any atom is -0.495 e. The number of aliphatic hydroxyl groups excluding tert-OH is 1. The minimum atomic E-state index is -0.337. The van der Waals surface area contributed by atoms with Crippen LogP contribution in [0.2, 0.25) is 0 Å². The Labute approximate surface area is 134 Å². The van der Waals surface area contributed by atoms with E-state index in [4.69, 9.17) is 4.74 Å². The monoisotopic (exact) mass is 399 g/mol. The van der Waals surface area contributed by atoms with Crippen molar-refractivity contribution in [1.82, 2.24) is 4.57 Å². The Hall–Kier alpha value is -0.780. The lowest BCUT2D eigenvalue weighted by molar-refractivity contribution is 0.156. The summed E-state index contributed by atoms with van der Waals surface area (Å²) in [5.41, 5.74) is 3.26. The van der Waals surface area contributed by atoms with E-state index in [1.165, 1.54) is 5.69 Å². The van der Waals surface area contributed by atoms with Gasteiger partial charge in [0.25, 0.3) is 0 Å². The van der Waals surface area contributed by atoms with Crippen LogP contribution in [0.5, 0.6) is 5.75 Å². The summed E-state index contributed by atoms with van der Waals surface area (Å²) in [6.07, 6.45) is 4.54. The van der Waals surface area contributed by atoms with Crippen molar-refractivity contribution in [2.24, 2.45) is 0 Å². The summed E-state index contributed by atoms with van der Waals surface area (Å²) in [5, 5.41) is 10.1. The van der Waals surface area contributed by atoms with Gasteiger partial charge in [-0.25, -0.2) is 0 Å². The van der Waals surface area contributed by atoms with Crippen molar-refractivity contribution in [2.45, 2.75) is 25.4 Å². The first-order chi connectivity index (χ1) is 9.61. The molecular formula is C15H15Br2NO2. The third kappa shape index (κ3) is 2.32. The van der Waals surface area contributed by atoms with Gasteiger partial charge in [-0.05, 0) is 63.3 Å². The van der Waals surface area contributed by atoms with Crippen molar-refractivity contribution in [2.75, 3.05) is 7.11 Å². The molecule has 1 heterocycles. The molecule has 0 aliphatic heterocycles. The molecule has 1 aromatic carbocycles. The molecule has 0 spiro atoms.